The topological polar surface area (TPSA) is 41.1 Å². The van der Waals surface area contributed by atoms with Gasteiger partial charge in [-0.3, -0.25) is 4.79 Å². The molecule has 0 saturated heterocycles. The molecule has 0 aliphatic carbocycles. The smallest absolute Gasteiger partial charge is 0.252 e. The molecule has 82 valence electrons. The maximum absolute atomic E-state index is 11.7. The van der Waals surface area contributed by atoms with E-state index in [0.29, 0.717) is 17.1 Å². The van der Waals surface area contributed by atoms with Gasteiger partial charge in [0.1, 0.15) is 0 Å². The fraction of sp³-hybridized carbons (Fsp3) is 0.300. The van der Waals surface area contributed by atoms with Crippen LogP contribution in [-0.2, 0) is 0 Å². The highest BCUT2D eigenvalue weighted by molar-refractivity contribution is 9.10. The second-order valence-corrected chi connectivity index (χ2v) is 4.27. The van der Waals surface area contributed by atoms with Gasteiger partial charge in [0.15, 0.2) is 0 Å². The molecule has 0 fully saturated rings. The van der Waals surface area contributed by atoms with Crippen LogP contribution >= 0.6 is 27.5 Å². The third-order valence-corrected chi connectivity index (χ3v) is 2.76. The van der Waals surface area contributed by atoms with Crippen LogP contribution in [0.1, 0.15) is 10.4 Å². The van der Waals surface area contributed by atoms with Crippen molar-refractivity contribution in [2.45, 2.75) is 0 Å². The first-order chi connectivity index (χ1) is 7.15. The van der Waals surface area contributed by atoms with Gasteiger partial charge in [0, 0.05) is 22.6 Å². The summed E-state index contributed by atoms with van der Waals surface area (Å²) in [5.74, 6) is -0.125. The van der Waals surface area contributed by atoms with Crippen molar-refractivity contribution in [1.82, 2.24) is 10.6 Å². The number of carbonyl (C=O) groups excluding carboxylic acids is 1. The Labute approximate surface area is 102 Å². The van der Waals surface area contributed by atoms with Gasteiger partial charge < -0.3 is 10.6 Å². The Kier molecular flexibility index (Phi) is 5.08. The van der Waals surface area contributed by atoms with Crippen LogP contribution in [0.4, 0.5) is 0 Å². The fourth-order valence-electron chi connectivity index (χ4n) is 1.07. The number of nitrogens with one attached hydrogen (secondary N) is 2. The minimum atomic E-state index is -0.125. The van der Waals surface area contributed by atoms with Crippen molar-refractivity contribution in [3.63, 3.8) is 0 Å². The van der Waals surface area contributed by atoms with Gasteiger partial charge in [-0.25, -0.2) is 0 Å². The summed E-state index contributed by atoms with van der Waals surface area (Å²) in [6.45, 7) is 1.33. The Morgan fingerprint density at radius 2 is 2.20 bits per heavy atom. The van der Waals surface area contributed by atoms with Gasteiger partial charge in [-0.15, -0.1) is 0 Å². The first kappa shape index (κ1) is 12.5. The average molecular weight is 292 g/mol. The number of amides is 1. The Morgan fingerprint density at radius 1 is 1.47 bits per heavy atom. The lowest BCUT2D eigenvalue weighted by atomic mass is 10.2. The molecule has 3 nitrogen and oxygen atoms in total. The molecule has 0 bridgehead atoms. The second-order valence-electron chi connectivity index (χ2n) is 2.98. The van der Waals surface area contributed by atoms with Crippen LogP contribution in [0.15, 0.2) is 22.7 Å². The van der Waals surface area contributed by atoms with Crippen molar-refractivity contribution in [3.8, 4) is 0 Å². The van der Waals surface area contributed by atoms with Crippen molar-refractivity contribution in [2.24, 2.45) is 0 Å². The normalized spacial score (nSPS) is 10.1. The van der Waals surface area contributed by atoms with E-state index in [2.05, 4.69) is 26.6 Å². The maximum atomic E-state index is 11.7. The van der Waals surface area contributed by atoms with Crippen LogP contribution in [0.2, 0.25) is 5.02 Å². The molecule has 0 aliphatic heterocycles. The summed E-state index contributed by atoms with van der Waals surface area (Å²) in [5, 5.41) is 6.28. The lowest BCUT2D eigenvalue weighted by Gasteiger charge is -2.06. The zero-order chi connectivity index (χ0) is 11.3. The zero-order valence-electron chi connectivity index (χ0n) is 8.31. The van der Waals surface area contributed by atoms with Crippen molar-refractivity contribution < 1.29 is 4.79 Å². The number of hydrogen-bond acceptors (Lipinski definition) is 2. The standard InChI is InChI=1S/C10H12BrClN2O/c1-13-4-5-14-10(15)8-6-7(12)2-3-9(8)11/h2-3,6,13H,4-5H2,1H3,(H,14,15). The zero-order valence-corrected chi connectivity index (χ0v) is 10.7. The van der Waals surface area contributed by atoms with E-state index in [4.69, 9.17) is 11.6 Å². The summed E-state index contributed by atoms with van der Waals surface area (Å²) < 4.78 is 0.744. The monoisotopic (exact) mass is 290 g/mol. The highest BCUT2D eigenvalue weighted by atomic mass is 79.9. The van der Waals surface area contributed by atoms with E-state index >= 15 is 0 Å². The molecule has 0 atom stereocenters. The average Bonchev–Trinajstić information content (AvgIpc) is 2.22. The van der Waals surface area contributed by atoms with Crippen LogP contribution in [0.5, 0.6) is 0 Å². The maximum Gasteiger partial charge on any atom is 0.252 e. The Balaban J connectivity index is 2.68. The molecular formula is C10H12BrClN2O. The Bertz CT molecular complexity index is 357. The lowest BCUT2D eigenvalue weighted by Crippen LogP contribution is -2.30. The molecule has 1 rings (SSSR count). The van der Waals surface area contributed by atoms with Crippen LogP contribution < -0.4 is 10.6 Å². The van der Waals surface area contributed by atoms with Crippen molar-refractivity contribution in [1.29, 1.82) is 0 Å². The minimum Gasteiger partial charge on any atom is -0.351 e. The van der Waals surface area contributed by atoms with E-state index in [0.717, 1.165) is 11.0 Å². The van der Waals surface area contributed by atoms with Gasteiger partial charge in [-0.1, -0.05) is 11.6 Å². The second kappa shape index (κ2) is 6.10. The molecular weight excluding hydrogens is 279 g/mol. The summed E-state index contributed by atoms with van der Waals surface area (Å²) in [6.07, 6.45) is 0. The quantitative estimate of drug-likeness (QED) is 0.834. The molecule has 0 unspecified atom stereocenters. The third kappa shape index (κ3) is 3.81. The Hall–Kier alpha value is -0.580. The third-order valence-electron chi connectivity index (χ3n) is 1.83. The summed E-state index contributed by atoms with van der Waals surface area (Å²) in [5.41, 5.74) is 0.554. The molecule has 15 heavy (non-hydrogen) atoms. The van der Waals surface area contributed by atoms with Crippen LogP contribution in [-0.4, -0.2) is 26.0 Å². The molecule has 2 N–H and O–H groups in total. The number of halogens is 2. The Morgan fingerprint density at radius 3 is 2.87 bits per heavy atom. The van der Waals surface area contributed by atoms with Crippen LogP contribution in [0.3, 0.4) is 0 Å². The van der Waals surface area contributed by atoms with Gasteiger partial charge in [-0.2, -0.15) is 0 Å². The summed E-state index contributed by atoms with van der Waals surface area (Å²) >= 11 is 9.11. The van der Waals surface area contributed by atoms with Crippen molar-refractivity contribution in [3.05, 3.63) is 33.3 Å². The van der Waals surface area contributed by atoms with Gasteiger partial charge in [0.2, 0.25) is 0 Å². The highest BCUT2D eigenvalue weighted by Gasteiger charge is 2.09. The minimum absolute atomic E-state index is 0.125. The summed E-state index contributed by atoms with van der Waals surface area (Å²) in [6, 6.07) is 5.13. The van der Waals surface area contributed by atoms with Crippen molar-refractivity contribution >= 4 is 33.4 Å². The first-order valence-corrected chi connectivity index (χ1v) is 5.70. The van der Waals surface area contributed by atoms with E-state index in [9.17, 15) is 4.79 Å². The van der Waals surface area contributed by atoms with Gasteiger partial charge in [-0.05, 0) is 41.2 Å². The number of hydrogen-bond donors (Lipinski definition) is 2. The lowest BCUT2D eigenvalue weighted by molar-refractivity contribution is 0.0953. The predicted molar refractivity (Wildman–Crippen MR) is 65.4 cm³/mol. The fourth-order valence-corrected chi connectivity index (χ4v) is 1.67. The largest absolute Gasteiger partial charge is 0.351 e. The van der Waals surface area contributed by atoms with Gasteiger partial charge >= 0.3 is 0 Å². The molecule has 5 heteroatoms. The molecule has 0 radical (unpaired) electrons. The number of benzene rings is 1. The predicted octanol–water partition coefficient (Wildman–Crippen LogP) is 2.05. The van der Waals surface area contributed by atoms with Crippen LogP contribution in [0.25, 0.3) is 0 Å². The molecule has 0 heterocycles. The molecule has 0 spiro atoms. The molecule has 1 aromatic rings. The summed E-state index contributed by atoms with van der Waals surface area (Å²) in [7, 11) is 1.83. The van der Waals surface area contributed by atoms with Crippen molar-refractivity contribution in [2.75, 3.05) is 20.1 Å². The number of carbonyl (C=O) groups is 1. The highest BCUT2D eigenvalue weighted by Crippen LogP contribution is 2.20. The van der Waals surface area contributed by atoms with Gasteiger partial charge in [0.25, 0.3) is 5.91 Å². The van der Waals surface area contributed by atoms with Crippen LogP contribution in [0, 0.1) is 0 Å². The molecule has 1 aromatic carbocycles. The van der Waals surface area contributed by atoms with E-state index in [-0.39, 0.29) is 5.91 Å². The molecule has 0 aliphatic rings. The molecule has 0 aromatic heterocycles. The molecule has 0 saturated carbocycles. The van der Waals surface area contributed by atoms with E-state index in [1.54, 1.807) is 18.2 Å². The van der Waals surface area contributed by atoms with Gasteiger partial charge in [0.05, 0.1) is 5.56 Å². The first-order valence-electron chi connectivity index (χ1n) is 4.53. The number of rotatable bonds is 4. The summed E-state index contributed by atoms with van der Waals surface area (Å²) in [4.78, 5) is 11.7. The SMILES string of the molecule is CNCCNC(=O)c1cc(Cl)ccc1Br. The molecule has 1 amide bonds. The van der Waals surface area contributed by atoms with E-state index < -0.39 is 0 Å². The van der Waals surface area contributed by atoms with E-state index in [1.807, 2.05) is 7.05 Å². The van der Waals surface area contributed by atoms with E-state index in [1.165, 1.54) is 0 Å². The number of likely N-dealkylation sites (N-methyl/N-ethyl adjacent to an activating group) is 1.